The molecule has 7 heteroatoms. The Labute approximate surface area is 87.6 Å². The van der Waals surface area contributed by atoms with E-state index < -0.39 is 10.0 Å². The second-order valence-corrected chi connectivity index (χ2v) is 4.81. The van der Waals surface area contributed by atoms with Crippen molar-refractivity contribution in [3.8, 4) is 0 Å². The van der Waals surface area contributed by atoms with Crippen molar-refractivity contribution < 1.29 is 8.42 Å². The van der Waals surface area contributed by atoms with Crippen LogP contribution in [0.1, 0.15) is 5.56 Å². The molecule has 0 aliphatic heterocycles. The van der Waals surface area contributed by atoms with Gasteiger partial charge in [0.25, 0.3) is 0 Å². The van der Waals surface area contributed by atoms with Crippen molar-refractivity contribution in [1.29, 1.82) is 0 Å². The molecule has 0 atom stereocenters. The number of nitrogens with zero attached hydrogens (tertiary/aromatic N) is 3. The predicted molar refractivity (Wildman–Crippen MR) is 58.5 cm³/mol. The second kappa shape index (κ2) is 4.20. The second-order valence-electron chi connectivity index (χ2n) is 3.06. The number of anilines is 1. The van der Waals surface area contributed by atoms with Crippen LogP contribution in [0.25, 0.3) is 10.4 Å². The Balaban J connectivity index is 3.07. The van der Waals surface area contributed by atoms with Gasteiger partial charge in [-0.3, -0.25) is 4.72 Å². The third-order valence-corrected chi connectivity index (χ3v) is 2.26. The van der Waals surface area contributed by atoms with E-state index in [2.05, 4.69) is 14.7 Å². The minimum absolute atomic E-state index is 0.451. The standard InChI is InChI=1S/C8H10N4O2S/c1-6-5-7(11-15(2,13)14)3-4-8(6)10-12-9/h3-5,11H,1-2H3. The number of benzene rings is 1. The maximum absolute atomic E-state index is 10.9. The van der Waals surface area contributed by atoms with Gasteiger partial charge >= 0.3 is 0 Å². The monoisotopic (exact) mass is 226 g/mol. The number of nitrogens with one attached hydrogen (secondary N) is 1. The highest BCUT2D eigenvalue weighted by Crippen LogP contribution is 2.22. The number of sulfonamides is 1. The van der Waals surface area contributed by atoms with Crippen LogP contribution in [0.3, 0.4) is 0 Å². The van der Waals surface area contributed by atoms with E-state index in [9.17, 15) is 8.42 Å². The van der Waals surface area contributed by atoms with Gasteiger partial charge in [-0.15, -0.1) is 0 Å². The van der Waals surface area contributed by atoms with Gasteiger partial charge in [0.15, 0.2) is 0 Å². The van der Waals surface area contributed by atoms with Crippen LogP contribution in [0.2, 0.25) is 0 Å². The predicted octanol–water partition coefficient (Wildman–Crippen LogP) is 2.31. The Bertz CT molecular complexity index is 517. The molecule has 0 amide bonds. The van der Waals surface area contributed by atoms with Crippen molar-refractivity contribution in [2.75, 3.05) is 11.0 Å². The van der Waals surface area contributed by atoms with Crippen LogP contribution in [0.4, 0.5) is 11.4 Å². The Hall–Kier alpha value is -1.72. The molecular formula is C8H10N4O2S. The van der Waals surface area contributed by atoms with E-state index in [0.717, 1.165) is 6.26 Å². The normalized spacial score (nSPS) is 10.5. The molecule has 1 aromatic rings. The maximum atomic E-state index is 10.9. The molecule has 0 aliphatic rings. The summed E-state index contributed by atoms with van der Waals surface area (Å²) < 4.78 is 24.2. The number of azide groups is 1. The lowest BCUT2D eigenvalue weighted by Gasteiger charge is -2.05. The summed E-state index contributed by atoms with van der Waals surface area (Å²) in [5, 5.41) is 3.45. The SMILES string of the molecule is Cc1cc(NS(C)(=O)=O)ccc1N=[N+]=[N-]. The summed E-state index contributed by atoms with van der Waals surface area (Å²) in [5.74, 6) is 0. The zero-order valence-electron chi connectivity index (χ0n) is 8.30. The summed E-state index contributed by atoms with van der Waals surface area (Å²) in [5.41, 5.74) is 9.89. The molecule has 15 heavy (non-hydrogen) atoms. The van der Waals surface area contributed by atoms with E-state index >= 15 is 0 Å². The van der Waals surface area contributed by atoms with Crippen LogP contribution in [0.5, 0.6) is 0 Å². The third kappa shape index (κ3) is 3.49. The summed E-state index contributed by atoms with van der Waals surface area (Å²) in [6.07, 6.45) is 1.07. The van der Waals surface area contributed by atoms with E-state index in [0.29, 0.717) is 16.9 Å². The number of hydrogen-bond acceptors (Lipinski definition) is 3. The first kappa shape index (κ1) is 11.4. The molecule has 0 radical (unpaired) electrons. The van der Waals surface area contributed by atoms with Gasteiger partial charge in [-0.1, -0.05) is 11.2 Å². The van der Waals surface area contributed by atoms with Gasteiger partial charge < -0.3 is 0 Å². The van der Waals surface area contributed by atoms with Crippen molar-refractivity contribution in [3.63, 3.8) is 0 Å². The number of aryl methyl sites for hydroxylation is 1. The van der Waals surface area contributed by atoms with Gasteiger partial charge in [0.05, 0.1) is 6.26 Å². The smallest absolute Gasteiger partial charge is 0.229 e. The highest BCUT2D eigenvalue weighted by molar-refractivity contribution is 7.92. The molecule has 0 spiro atoms. The fraction of sp³-hybridized carbons (Fsp3) is 0.250. The molecule has 80 valence electrons. The topological polar surface area (TPSA) is 94.9 Å². The molecule has 6 nitrogen and oxygen atoms in total. The van der Waals surface area contributed by atoms with Gasteiger partial charge in [0.1, 0.15) is 0 Å². The van der Waals surface area contributed by atoms with Crippen molar-refractivity contribution in [2.24, 2.45) is 5.11 Å². The Morgan fingerprint density at radius 1 is 1.47 bits per heavy atom. The van der Waals surface area contributed by atoms with E-state index in [1.54, 1.807) is 19.1 Å². The van der Waals surface area contributed by atoms with Gasteiger partial charge in [0, 0.05) is 16.3 Å². The van der Waals surface area contributed by atoms with Crippen LogP contribution < -0.4 is 4.72 Å². The lowest BCUT2D eigenvalue weighted by Crippen LogP contribution is -2.09. The molecule has 0 saturated carbocycles. The van der Waals surface area contributed by atoms with Gasteiger partial charge in [-0.25, -0.2) is 8.42 Å². The first-order chi connectivity index (χ1) is 6.92. The summed E-state index contributed by atoms with van der Waals surface area (Å²) >= 11 is 0. The molecular weight excluding hydrogens is 216 g/mol. The van der Waals surface area contributed by atoms with E-state index in [4.69, 9.17) is 5.53 Å². The zero-order chi connectivity index (χ0) is 11.5. The Morgan fingerprint density at radius 2 is 2.13 bits per heavy atom. The fourth-order valence-corrected chi connectivity index (χ4v) is 1.65. The van der Waals surface area contributed by atoms with Crippen LogP contribution in [0, 0.1) is 6.92 Å². The molecule has 0 saturated heterocycles. The molecule has 1 N–H and O–H groups in total. The molecule has 0 heterocycles. The van der Waals surface area contributed by atoms with Crippen molar-refractivity contribution >= 4 is 21.4 Å². The molecule has 1 rings (SSSR count). The first-order valence-electron chi connectivity index (χ1n) is 4.06. The first-order valence-corrected chi connectivity index (χ1v) is 5.95. The molecule has 0 aliphatic carbocycles. The van der Waals surface area contributed by atoms with E-state index in [1.165, 1.54) is 6.07 Å². The quantitative estimate of drug-likeness (QED) is 0.486. The summed E-state index contributed by atoms with van der Waals surface area (Å²) in [6, 6.07) is 4.70. The van der Waals surface area contributed by atoms with Crippen LogP contribution in [-0.4, -0.2) is 14.7 Å². The molecule has 0 bridgehead atoms. The Morgan fingerprint density at radius 3 is 2.60 bits per heavy atom. The average molecular weight is 226 g/mol. The van der Waals surface area contributed by atoms with Gasteiger partial charge in [-0.05, 0) is 30.2 Å². The number of hydrogen-bond donors (Lipinski definition) is 1. The van der Waals surface area contributed by atoms with Crippen molar-refractivity contribution in [1.82, 2.24) is 0 Å². The number of rotatable bonds is 3. The zero-order valence-corrected chi connectivity index (χ0v) is 9.11. The average Bonchev–Trinajstić information content (AvgIpc) is 2.07. The van der Waals surface area contributed by atoms with E-state index in [-0.39, 0.29) is 0 Å². The molecule has 1 aromatic carbocycles. The lowest BCUT2D eigenvalue weighted by atomic mass is 10.2. The summed E-state index contributed by atoms with van der Waals surface area (Å²) in [4.78, 5) is 2.66. The van der Waals surface area contributed by atoms with E-state index in [1.807, 2.05) is 0 Å². The van der Waals surface area contributed by atoms with Gasteiger partial charge in [0.2, 0.25) is 10.0 Å². The largest absolute Gasteiger partial charge is 0.284 e. The molecule has 0 aromatic heterocycles. The molecule has 0 fully saturated rings. The van der Waals surface area contributed by atoms with Crippen LogP contribution >= 0.6 is 0 Å². The lowest BCUT2D eigenvalue weighted by molar-refractivity contribution is 0.607. The van der Waals surface area contributed by atoms with Crippen LogP contribution in [-0.2, 0) is 10.0 Å². The fourth-order valence-electron chi connectivity index (χ4n) is 1.09. The van der Waals surface area contributed by atoms with Crippen LogP contribution in [0.15, 0.2) is 23.3 Å². The minimum Gasteiger partial charge on any atom is -0.284 e. The maximum Gasteiger partial charge on any atom is 0.229 e. The highest BCUT2D eigenvalue weighted by Gasteiger charge is 2.03. The Kier molecular flexibility index (Phi) is 3.18. The van der Waals surface area contributed by atoms with Crippen molar-refractivity contribution in [3.05, 3.63) is 34.2 Å². The van der Waals surface area contributed by atoms with Gasteiger partial charge in [-0.2, -0.15) is 0 Å². The van der Waals surface area contributed by atoms with Crippen molar-refractivity contribution in [2.45, 2.75) is 6.92 Å². The molecule has 0 unspecified atom stereocenters. The summed E-state index contributed by atoms with van der Waals surface area (Å²) in [7, 11) is -3.27. The summed E-state index contributed by atoms with van der Waals surface area (Å²) in [6.45, 7) is 1.73. The highest BCUT2D eigenvalue weighted by atomic mass is 32.2. The minimum atomic E-state index is -3.27. The third-order valence-electron chi connectivity index (χ3n) is 1.65.